The molecule has 0 bridgehead atoms. The Hall–Kier alpha value is 0.0700. The molecule has 0 radical (unpaired) electrons. The third-order valence-corrected chi connectivity index (χ3v) is 3.76. The summed E-state index contributed by atoms with van der Waals surface area (Å²) in [6.07, 6.45) is 3.88. The zero-order valence-corrected chi connectivity index (χ0v) is 11.9. The smallest absolute Gasteiger partial charge is 0.107 e. The molecule has 0 amide bonds. The minimum atomic E-state index is 0.993. The van der Waals surface area contributed by atoms with E-state index in [4.69, 9.17) is 0 Å². The van der Waals surface area contributed by atoms with Crippen LogP contribution in [0.25, 0.3) is 0 Å². The number of alkyl halides is 1. The largest absolute Gasteiger partial charge is 0.300 e. The number of aryl methyl sites for hydroxylation is 1. The summed E-state index contributed by atoms with van der Waals surface area (Å²) in [4.78, 5) is 6.82. The van der Waals surface area contributed by atoms with Crippen molar-refractivity contribution in [2.45, 2.75) is 32.7 Å². The molecule has 86 valence electrons. The molecule has 0 aliphatic rings. The van der Waals surface area contributed by atoms with Gasteiger partial charge in [0, 0.05) is 16.4 Å². The van der Waals surface area contributed by atoms with Crippen molar-refractivity contribution in [3.05, 3.63) is 16.1 Å². The Kier molecular flexibility index (Phi) is 6.45. The van der Waals surface area contributed by atoms with Crippen molar-refractivity contribution in [3.8, 4) is 0 Å². The molecule has 0 unspecified atom stereocenters. The van der Waals surface area contributed by atoms with Crippen molar-refractivity contribution in [3.63, 3.8) is 0 Å². The highest BCUT2D eigenvalue weighted by Crippen LogP contribution is 2.11. The average Bonchev–Trinajstić information content (AvgIpc) is 2.59. The molecule has 2 nitrogen and oxygen atoms in total. The fraction of sp³-hybridized carbons (Fsp3) is 0.727. The van der Waals surface area contributed by atoms with Gasteiger partial charge in [-0.15, -0.1) is 11.3 Å². The minimum Gasteiger partial charge on any atom is -0.300 e. The van der Waals surface area contributed by atoms with Crippen molar-refractivity contribution in [2.24, 2.45) is 0 Å². The van der Waals surface area contributed by atoms with E-state index in [-0.39, 0.29) is 0 Å². The van der Waals surface area contributed by atoms with E-state index in [1.165, 1.54) is 30.8 Å². The highest BCUT2D eigenvalue weighted by molar-refractivity contribution is 9.09. The van der Waals surface area contributed by atoms with Gasteiger partial charge in [0.05, 0.1) is 6.54 Å². The van der Waals surface area contributed by atoms with Crippen LogP contribution in [0.3, 0.4) is 0 Å². The predicted octanol–water partition coefficient (Wildman–Crippen LogP) is 3.45. The molecule has 0 N–H and O–H groups in total. The highest BCUT2D eigenvalue weighted by Gasteiger charge is 2.03. The van der Waals surface area contributed by atoms with Gasteiger partial charge < -0.3 is 0 Å². The van der Waals surface area contributed by atoms with Crippen molar-refractivity contribution in [1.82, 2.24) is 9.88 Å². The van der Waals surface area contributed by atoms with Crippen LogP contribution in [0.15, 0.2) is 5.38 Å². The molecule has 0 spiro atoms. The molecule has 0 saturated heterocycles. The molecule has 0 fully saturated rings. The summed E-state index contributed by atoms with van der Waals surface area (Å²) in [5.74, 6) is 0. The average molecular weight is 291 g/mol. The molecular weight excluding hydrogens is 272 g/mol. The van der Waals surface area contributed by atoms with Gasteiger partial charge >= 0.3 is 0 Å². The number of unbranched alkanes of at least 4 members (excludes halogenated alkanes) is 2. The summed E-state index contributed by atoms with van der Waals surface area (Å²) in [7, 11) is 2.17. The molecule has 0 saturated carbocycles. The van der Waals surface area contributed by atoms with E-state index in [2.05, 4.69) is 45.2 Å². The summed E-state index contributed by atoms with van der Waals surface area (Å²) < 4.78 is 0. The Morgan fingerprint density at radius 3 is 2.80 bits per heavy atom. The van der Waals surface area contributed by atoms with E-state index in [0.717, 1.165) is 17.6 Å². The van der Waals surface area contributed by atoms with Gasteiger partial charge in [0.25, 0.3) is 0 Å². The molecular formula is C11H19BrN2S. The van der Waals surface area contributed by atoms with Gasteiger partial charge in [-0.25, -0.2) is 4.98 Å². The lowest BCUT2D eigenvalue weighted by Crippen LogP contribution is -2.18. The number of halogens is 1. The third kappa shape index (κ3) is 5.64. The quantitative estimate of drug-likeness (QED) is 0.565. The lowest BCUT2D eigenvalue weighted by molar-refractivity contribution is 0.318. The highest BCUT2D eigenvalue weighted by atomic mass is 79.9. The van der Waals surface area contributed by atoms with Crippen LogP contribution >= 0.6 is 27.3 Å². The molecule has 0 aliphatic heterocycles. The molecule has 0 aliphatic carbocycles. The molecule has 4 heteroatoms. The second kappa shape index (κ2) is 7.36. The number of hydrogen-bond donors (Lipinski definition) is 0. The van der Waals surface area contributed by atoms with E-state index in [0.29, 0.717) is 0 Å². The van der Waals surface area contributed by atoms with Gasteiger partial charge in [0.1, 0.15) is 5.01 Å². The minimum absolute atomic E-state index is 0.993. The van der Waals surface area contributed by atoms with Gasteiger partial charge in [-0.1, -0.05) is 22.4 Å². The zero-order chi connectivity index (χ0) is 11.1. The van der Waals surface area contributed by atoms with Crippen LogP contribution in [-0.4, -0.2) is 28.8 Å². The van der Waals surface area contributed by atoms with Crippen molar-refractivity contribution in [1.29, 1.82) is 0 Å². The van der Waals surface area contributed by atoms with Gasteiger partial charge in [-0.3, -0.25) is 4.90 Å². The van der Waals surface area contributed by atoms with E-state index in [1.54, 1.807) is 11.3 Å². The number of hydrogen-bond acceptors (Lipinski definition) is 3. The Balaban J connectivity index is 2.15. The van der Waals surface area contributed by atoms with E-state index < -0.39 is 0 Å². The summed E-state index contributed by atoms with van der Waals surface area (Å²) in [6.45, 7) is 4.22. The molecule has 0 aromatic carbocycles. The zero-order valence-electron chi connectivity index (χ0n) is 9.50. The van der Waals surface area contributed by atoms with E-state index >= 15 is 0 Å². The topological polar surface area (TPSA) is 16.1 Å². The monoisotopic (exact) mass is 290 g/mol. The Labute approximate surface area is 105 Å². The predicted molar refractivity (Wildman–Crippen MR) is 70.8 cm³/mol. The molecule has 1 aromatic heterocycles. The summed E-state index contributed by atoms with van der Waals surface area (Å²) in [5, 5.41) is 4.48. The van der Waals surface area contributed by atoms with Crippen LogP contribution in [0.4, 0.5) is 0 Å². The Morgan fingerprint density at radius 2 is 2.20 bits per heavy atom. The van der Waals surface area contributed by atoms with E-state index in [9.17, 15) is 0 Å². The fourth-order valence-corrected chi connectivity index (χ4v) is 2.69. The number of aromatic nitrogens is 1. The summed E-state index contributed by atoms with van der Waals surface area (Å²) in [6, 6.07) is 0. The summed E-state index contributed by atoms with van der Waals surface area (Å²) >= 11 is 5.21. The number of nitrogens with zero attached hydrogens (tertiary/aromatic N) is 2. The van der Waals surface area contributed by atoms with Crippen LogP contribution < -0.4 is 0 Å². The third-order valence-electron chi connectivity index (χ3n) is 2.25. The number of rotatable bonds is 7. The van der Waals surface area contributed by atoms with Crippen LogP contribution in [-0.2, 0) is 6.54 Å². The second-order valence-electron chi connectivity index (χ2n) is 3.87. The van der Waals surface area contributed by atoms with Crippen LogP contribution in [0.2, 0.25) is 0 Å². The first-order chi connectivity index (χ1) is 7.22. The van der Waals surface area contributed by atoms with Crippen LogP contribution in [0.5, 0.6) is 0 Å². The normalized spacial score (nSPS) is 11.2. The van der Waals surface area contributed by atoms with Crippen LogP contribution in [0.1, 0.15) is 30.0 Å². The SMILES string of the molecule is Cc1csc(CN(C)CCCCCBr)n1. The fourth-order valence-electron chi connectivity index (χ4n) is 1.44. The van der Waals surface area contributed by atoms with E-state index in [1.807, 2.05) is 0 Å². The lowest BCUT2D eigenvalue weighted by Gasteiger charge is -2.14. The maximum atomic E-state index is 4.46. The molecule has 15 heavy (non-hydrogen) atoms. The number of thiazole rings is 1. The molecule has 1 aromatic rings. The van der Waals surface area contributed by atoms with Crippen molar-refractivity contribution in [2.75, 3.05) is 18.9 Å². The Morgan fingerprint density at radius 1 is 1.40 bits per heavy atom. The van der Waals surface area contributed by atoms with Gasteiger partial charge in [-0.05, 0) is 33.4 Å². The molecule has 1 heterocycles. The van der Waals surface area contributed by atoms with Gasteiger partial charge in [-0.2, -0.15) is 0 Å². The van der Waals surface area contributed by atoms with Crippen molar-refractivity contribution < 1.29 is 0 Å². The second-order valence-corrected chi connectivity index (χ2v) is 5.61. The van der Waals surface area contributed by atoms with Gasteiger partial charge in [0.15, 0.2) is 0 Å². The maximum absolute atomic E-state index is 4.46. The standard InChI is InChI=1S/C11H19BrN2S/c1-10-9-15-11(13-10)8-14(2)7-5-3-4-6-12/h9H,3-8H2,1-2H3. The van der Waals surface area contributed by atoms with Gasteiger partial charge in [0.2, 0.25) is 0 Å². The molecule has 1 rings (SSSR count). The first-order valence-corrected chi connectivity index (χ1v) is 7.38. The lowest BCUT2D eigenvalue weighted by atomic mass is 10.2. The first-order valence-electron chi connectivity index (χ1n) is 5.38. The molecule has 0 atom stereocenters. The van der Waals surface area contributed by atoms with Crippen LogP contribution in [0, 0.1) is 6.92 Å². The first kappa shape index (κ1) is 13.1. The summed E-state index contributed by atoms with van der Waals surface area (Å²) in [5.41, 5.74) is 1.14. The Bertz CT molecular complexity index is 275. The maximum Gasteiger partial charge on any atom is 0.107 e. The van der Waals surface area contributed by atoms with Crippen molar-refractivity contribution >= 4 is 27.3 Å².